The van der Waals surface area contributed by atoms with Crippen LogP contribution in [0.4, 0.5) is 5.69 Å². The lowest BCUT2D eigenvalue weighted by molar-refractivity contribution is 0.102. The molecule has 1 N–H and O–H groups in total. The summed E-state index contributed by atoms with van der Waals surface area (Å²) in [6, 6.07) is 3.36. The summed E-state index contributed by atoms with van der Waals surface area (Å²) in [4.78, 5) is 13.9. The van der Waals surface area contributed by atoms with Gasteiger partial charge in [0, 0.05) is 23.5 Å². The second-order valence-corrected chi connectivity index (χ2v) is 6.23. The number of fused-ring (bicyclic) bond motifs is 1. The van der Waals surface area contributed by atoms with Gasteiger partial charge < -0.3 is 19.5 Å². The van der Waals surface area contributed by atoms with Gasteiger partial charge in [-0.25, -0.2) is 0 Å². The van der Waals surface area contributed by atoms with E-state index in [1.807, 2.05) is 18.2 Å². The third kappa shape index (κ3) is 2.86. The summed E-state index contributed by atoms with van der Waals surface area (Å²) in [6.07, 6.45) is 0. The van der Waals surface area contributed by atoms with Crippen LogP contribution < -0.4 is 19.5 Å². The molecule has 9 heteroatoms. The molecule has 0 aliphatic rings. The standard InChI is InChI=1S/C16H18N4O4S/c1-8-14(25-16-19-18-9(2)20(8)16)15(21)17-10-6-11(22-3)13(24-5)12(7-10)23-4/h6-7H,1-5H3,(H,17,21). The molecule has 0 spiro atoms. The van der Waals surface area contributed by atoms with Crippen molar-refractivity contribution in [3.63, 3.8) is 0 Å². The van der Waals surface area contributed by atoms with Crippen molar-refractivity contribution >= 4 is 27.9 Å². The first-order valence-corrected chi connectivity index (χ1v) is 8.24. The molecule has 1 aromatic carbocycles. The van der Waals surface area contributed by atoms with Crippen molar-refractivity contribution in [3.05, 3.63) is 28.5 Å². The van der Waals surface area contributed by atoms with Gasteiger partial charge >= 0.3 is 0 Å². The highest BCUT2D eigenvalue weighted by Gasteiger charge is 2.20. The van der Waals surface area contributed by atoms with Gasteiger partial charge in [-0.3, -0.25) is 9.20 Å². The van der Waals surface area contributed by atoms with E-state index < -0.39 is 0 Å². The molecular formula is C16H18N4O4S. The number of nitrogens with zero attached hydrogens (tertiary/aromatic N) is 3. The first kappa shape index (κ1) is 17.0. The van der Waals surface area contributed by atoms with E-state index in [-0.39, 0.29) is 5.91 Å². The maximum absolute atomic E-state index is 12.7. The molecule has 0 fully saturated rings. The van der Waals surface area contributed by atoms with Crippen molar-refractivity contribution in [3.8, 4) is 17.2 Å². The molecule has 132 valence electrons. The van der Waals surface area contributed by atoms with Crippen molar-refractivity contribution in [1.82, 2.24) is 14.6 Å². The highest BCUT2D eigenvalue weighted by atomic mass is 32.1. The van der Waals surface area contributed by atoms with Crippen LogP contribution in [0, 0.1) is 13.8 Å². The predicted molar refractivity (Wildman–Crippen MR) is 94.4 cm³/mol. The predicted octanol–water partition coefficient (Wildman–Crippen LogP) is 2.69. The van der Waals surface area contributed by atoms with Gasteiger partial charge in [-0.05, 0) is 13.8 Å². The lowest BCUT2D eigenvalue weighted by Crippen LogP contribution is -2.12. The first-order chi connectivity index (χ1) is 12.0. The molecule has 1 amide bonds. The number of hydrogen-bond acceptors (Lipinski definition) is 7. The Kier molecular flexibility index (Phi) is 4.49. The first-order valence-electron chi connectivity index (χ1n) is 7.42. The van der Waals surface area contributed by atoms with Crippen LogP contribution in [0.1, 0.15) is 21.2 Å². The zero-order valence-corrected chi connectivity index (χ0v) is 15.4. The van der Waals surface area contributed by atoms with E-state index in [4.69, 9.17) is 14.2 Å². The van der Waals surface area contributed by atoms with Gasteiger partial charge in [-0.2, -0.15) is 0 Å². The summed E-state index contributed by atoms with van der Waals surface area (Å²) in [5, 5.41) is 10.9. The molecule has 0 aliphatic carbocycles. The van der Waals surface area contributed by atoms with E-state index in [1.165, 1.54) is 32.7 Å². The number of anilines is 1. The topological polar surface area (TPSA) is 87.0 Å². The number of aromatic nitrogens is 3. The highest BCUT2D eigenvalue weighted by Crippen LogP contribution is 2.40. The average Bonchev–Trinajstić information content (AvgIpc) is 3.14. The molecule has 0 unspecified atom stereocenters. The van der Waals surface area contributed by atoms with Crippen LogP contribution in [-0.2, 0) is 0 Å². The molecule has 0 radical (unpaired) electrons. The molecule has 0 bridgehead atoms. The van der Waals surface area contributed by atoms with Crippen LogP contribution in [0.5, 0.6) is 17.2 Å². The van der Waals surface area contributed by atoms with Crippen LogP contribution in [0.15, 0.2) is 12.1 Å². The van der Waals surface area contributed by atoms with E-state index in [2.05, 4.69) is 15.5 Å². The number of amides is 1. The smallest absolute Gasteiger partial charge is 0.267 e. The highest BCUT2D eigenvalue weighted by molar-refractivity contribution is 7.19. The van der Waals surface area contributed by atoms with E-state index >= 15 is 0 Å². The second-order valence-electron chi connectivity index (χ2n) is 5.25. The van der Waals surface area contributed by atoms with Crippen molar-refractivity contribution < 1.29 is 19.0 Å². The van der Waals surface area contributed by atoms with Crippen LogP contribution in [-0.4, -0.2) is 41.8 Å². The number of ether oxygens (including phenoxy) is 3. The molecule has 0 saturated heterocycles. The average molecular weight is 362 g/mol. The number of benzene rings is 1. The minimum atomic E-state index is -0.235. The zero-order chi connectivity index (χ0) is 18.1. The summed E-state index contributed by atoms with van der Waals surface area (Å²) in [7, 11) is 4.58. The molecule has 25 heavy (non-hydrogen) atoms. The molecule has 0 saturated carbocycles. The maximum Gasteiger partial charge on any atom is 0.267 e. The Morgan fingerprint density at radius 2 is 1.72 bits per heavy atom. The summed E-state index contributed by atoms with van der Waals surface area (Å²) in [5.41, 5.74) is 1.34. The number of carbonyl (C=O) groups excluding carboxylic acids is 1. The van der Waals surface area contributed by atoms with E-state index in [1.54, 1.807) is 12.1 Å². The Bertz CT molecular complexity index is 922. The number of hydrogen-bond donors (Lipinski definition) is 1. The minimum absolute atomic E-state index is 0.235. The van der Waals surface area contributed by atoms with Gasteiger partial charge in [0.2, 0.25) is 10.7 Å². The fourth-order valence-electron chi connectivity index (χ4n) is 2.61. The van der Waals surface area contributed by atoms with Gasteiger partial charge in [0.25, 0.3) is 5.91 Å². The third-order valence-electron chi connectivity index (χ3n) is 3.78. The Balaban J connectivity index is 1.95. The van der Waals surface area contributed by atoms with E-state index in [0.29, 0.717) is 32.8 Å². The van der Waals surface area contributed by atoms with Crippen LogP contribution in [0.2, 0.25) is 0 Å². The number of rotatable bonds is 5. The molecule has 3 aromatic rings. The van der Waals surface area contributed by atoms with Gasteiger partial charge in [0.15, 0.2) is 11.5 Å². The summed E-state index contributed by atoms with van der Waals surface area (Å²) in [5.74, 6) is 1.91. The number of methoxy groups -OCH3 is 3. The fourth-order valence-corrected chi connectivity index (χ4v) is 3.62. The monoisotopic (exact) mass is 362 g/mol. The molecular weight excluding hydrogens is 344 g/mol. The quantitative estimate of drug-likeness (QED) is 0.751. The summed E-state index contributed by atoms with van der Waals surface area (Å²) in [6.45, 7) is 3.71. The van der Waals surface area contributed by atoms with Crippen LogP contribution in [0.25, 0.3) is 4.96 Å². The largest absolute Gasteiger partial charge is 0.493 e. The molecule has 8 nitrogen and oxygen atoms in total. The zero-order valence-electron chi connectivity index (χ0n) is 14.5. The fraction of sp³-hybridized carbons (Fsp3) is 0.312. The Hall–Kier alpha value is -2.81. The number of nitrogens with one attached hydrogen (secondary N) is 1. The number of aryl methyl sites for hydroxylation is 2. The van der Waals surface area contributed by atoms with Crippen LogP contribution in [0.3, 0.4) is 0 Å². The normalized spacial score (nSPS) is 10.8. The molecule has 2 heterocycles. The Morgan fingerprint density at radius 3 is 2.24 bits per heavy atom. The van der Waals surface area contributed by atoms with Crippen molar-refractivity contribution in [2.24, 2.45) is 0 Å². The van der Waals surface area contributed by atoms with Gasteiger partial charge in [0.05, 0.1) is 21.3 Å². The van der Waals surface area contributed by atoms with E-state index in [0.717, 1.165) is 11.5 Å². The SMILES string of the molecule is COc1cc(NC(=O)c2sc3nnc(C)n3c2C)cc(OC)c1OC. The second kappa shape index (κ2) is 6.60. The Morgan fingerprint density at radius 1 is 1.08 bits per heavy atom. The van der Waals surface area contributed by atoms with Crippen molar-refractivity contribution in [2.75, 3.05) is 26.6 Å². The molecule has 3 rings (SSSR count). The van der Waals surface area contributed by atoms with Gasteiger partial charge in [0.1, 0.15) is 10.7 Å². The third-order valence-corrected chi connectivity index (χ3v) is 4.91. The molecule has 0 aliphatic heterocycles. The van der Waals surface area contributed by atoms with Crippen LogP contribution >= 0.6 is 11.3 Å². The number of thiazole rings is 1. The Labute approximate surface area is 148 Å². The molecule has 0 atom stereocenters. The number of carbonyl (C=O) groups is 1. The summed E-state index contributed by atoms with van der Waals surface area (Å²) >= 11 is 1.29. The molecule has 2 aromatic heterocycles. The van der Waals surface area contributed by atoms with Gasteiger partial charge in [-0.1, -0.05) is 11.3 Å². The van der Waals surface area contributed by atoms with Gasteiger partial charge in [-0.15, -0.1) is 10.2 Å². The maximum atomic E-state index is 12.7. The lowest BCUT2D eigenvalue weighted by Gasteiger charge is -2.14. The van der Waals surface area contributed by atoms with Crippen molar-refractivity contribution in [2.45, 2.75) is 13.8 Å². The van der Waals surface area contributed by atoms with E-state index in [9.17, 15) is 4.79 Å². The minimum Gasteiger partial charge on any atom is -0.493 e. The van der Waals surface area contributed by atoms with Crippen molar-refractivity contribution in [1.29, 1.82) is 0 Å². The lowest BCUT2D eigenvalue weighted by atomic mass is 10.2. The summed E-state index contributed by atoms with van der Waals surface area (Å²) < 4.78 is 17.8.